The summed E-state index contributed by atoms with van der Waals surface area (Å²) in [5, 5.41) is 0. The Balaban J connectivity index is 2.67. The topological polar surface area (TPSA) is 30.8 Å². The van der Waals surface area contributed by atoms with Crippen molar-refractivity contribution in [2.45, 2.75) is 26.2 Å². The van der Waals surface area contributed by atoms with Gasteiger partial charge in [-0.1, -0.05) is 13.8 Å². The highest BCUT2D eigenvalue weighted by atomic mass is 16.5. The molecule has 3 nitrogen and oxygen atoms in total. The summed E-state index contributed by atoms with van der Waals surface area (Å²) >= 11 is 0. The van der Waals surface area contributed by atoms with E-state index in [2.05, 4.69) is 18.8 Å². The summed E-state index contributed by atoms with van der Waals surface area (Å²) in [7, 11) is 3.32. The lowest BCUT2D eigenvalue weighted by atomic mass is 9.82. The molecule has 1 aromatic rings. The molecule has 0 bridgehead atoms. The number of ether oxygens (including phenoxy) is 2. The Hall–Kier alpha value is -1.51. The van der Waals surface area contributed by atoms with Gasteiger partial charge in [-0.3, -0.25) is 4.99 Å². The molecule has 1 aromatic carbocycles. The number of aliphatic imine (C=N–C) groups is 1. The zero-order valence-corrected chi connectivity index (χ0v) is 10.4. The molecule has 0 aromatic heterocycles. The highest BCUT2D eigenvalue weighted by Gasteiger charge is 2.34. The third-order valence-corrected chi connectivity index (χ3v) is 3.36. The monoisotopic (exact) mass is 219 g/mol. The number of rotatable bonds is 2. The molecule has 0 saturated heterocycles. The minimum Gasteiger partial charge on any atom is -0.497 e. The van der Waals surface area contributed by atoms with Gasteiger partial charge in [0, 0.05) is 17.2 Å². The molecule has 3 heteroatoms. The fraction of sp³-hybridized carbons (Fsp3) is 0.462. The molecule has 1 heterocycles. The predicted octanol–water partition coefficient (Wildman–Crippen LogP) is 3.09. The van der Waals surface area contributed by atoms with Crippen LogP contribution in [0.25, 0.3) is 0 Å². The lowest BCUT2D eigenvalue weighted by molar-refractivity contribution is 0.394. The third kappa shape index (κ3) is 1.39. The lowest BCUT2D eigenvalue weighted by Crippen LogP contribution is -2.22. The molecule has 0 atom stereocenters. The summed E-state index contributed by atoms with van der Waals surface area (Å²) in [6.07, 6.45) is 0. The van der Waals surface area contributed by atoms with Gasteiger partial charge in [0.1, 0.15) is 17.2 Å². The fourth-order valence-electron chi connectivity index (χ4n) is 1.95. The van der Waals surface area contributed by atoms with Gasteiger partial charge in [-0.2, -0.15) is 0 Å². The first-order valence-electron chi connectivity index (χ1n) is 5.33. The number of hydrogen-bond acceptors (Lipinski definition) is 3. The average Bonchev–Trinajstić information content (AvgIpc) is 2.50. The zero-order chi connectivity index (χ0) is 11.9. The molecule has 0 aliphatic carbocycles. The fourth-order valence-corrected chi connectivity index (χ4v) is 1.95. The summed E-state index contributed by atoms with van der Waals surface area (Å²) in [4.78, 5) is 4.59. The normalized spacial score (nSPS) is 16.7. The van der Waals surface area contributed by atoms with Gasteiger partial charge in [-0.15, -0.1) is 0 Å². The second kappa shape index (κ2) is 3.51. The van der Waals surface area contributed by atoms with E-state index in [1.807, 2.05) is 19.1 Å². The van der Waals surface area contributed by atoms with Crippen LogP contribution in [-0.2, 0) is 5.41 Å². The summed E-state index contributed by atoms with van der Waals surface area (Å²) in [5.41, 5.74) is 3.16. The van der Waals surface area contributed by atoms with Crippen LogP contribution in [0.5, 0.6) is 11.5 Å². The minimum atomic E-state index is -0.0445. The van der Waals surface area contributed by atoms with Gasteiger partial charge in [0.15, 0.2) is 0 Å². The Kier molecular flexibility index (Phi) is 2.41. The number of nitrogens with zero attached hydrogens (tertiary/aromatic N) is 1. The standard InChI is InChI=1S/C13H17NO2/c1-8-13(2,3)10-6-9(15-4)7-11(16-5)12(10)14-8/h6-7H,1-5H3. The Morgan fingerprint density at radius 2 is 1.81 bits per heavy atom. The van der Waals surface area contributed by atoms with Crippen LogP contribution < -0.4 is 9.47 Å². The molecule has 2 rings (SSSR count). The van der Waals surface area contributed by atoms with Gasteiger partial charge in [0.25, 0.3) is 0 Å². The van der Waals surface area contributed by atoms with Crippen LogP contribution in [0.4, 0.5) is 5.69 Å². The highest BCUT2D eigenvalue weighted by molar-refractivity contribution is 6.00. The van der Waals surface area contributed by atoms with Gasteiger partial charge in [0.05, 0.1) is 14.2 Å². The lowest BCUT2D eigenvalue weighted by Gasteiger charge is -2.20. The van der Waals surface area contributed by atoms with Crippen molar-refractivity contribution < 1.29 is 9.47 Å². The molecule has 0 spiro atoms. The van der Waals surface area contributed by atoms with E-state index in [1.165, 1.54) is 5.56 Å². The second-order valence-corrected chi connectivity index (χ2v) is 4.55. The predicted molar refractivity (Wildman–Crippen MR) is 65.3 cm³/mol. The van der Waals surface area contributed by atoms with Crippen LogP contribution in [0.1, 0.15) is 26.3 Å². The average molecular weight is 219 g/mol. The Morgan fingerprint density at radius 1 is 1.12 bits per heavy atom. The van der Waals surface area contributed by atoms with E-state index in [9.17, 15) is 0 Å². The molecule has 0 fully saturated rings. The maximum atomic E-state index is 5.35. The van der Waals surface area contributed by atoms with E-state index in [-0.39, 0.29) is 5.41 Å². The third-order valence-electron chi connectivity index (χ3n) is 3.36. The van der Waals surface area contributed by atoms with Crippen molar-refractivity contribution in [2.24, 2.45) is 4.99 Å². The van der Waals surface area contributed by atoms with Crippen molar-refractivity contribution in [3.05, 3.63) is 17.7 Å². The van der Waals surface area contributed by atoms with Gasteiger partial charge in [-0.25, -0.2) is 0 Å². The molecular weight excluding hydrogens is 202 g/mol. The van der Waals surface area contributed by atoms with Crippen molar-refractivity contribution in [3.63, 3.8) is 0 Å². The van der Waals surface area contributed by atoms with Crippen LogP contribution in [-0.4, -0.2) is 19.9 Å². The molecular formula is C13H17NO2. The molecule has 86 valence electrons. The smallest absolute Gasteiger partial charge is 0.148 e. The summed E-state index contributed by atoms with van der Waals surface area (Å²) < 4.78 is 10.6. The molecule has 16 heavy (non-hydrogen) atoms. The van der Waals surface area contributed by atoms with E-state index in [1.54, 1.807) is 14.2 Å². The molecule has 0 N–H and O–H groups in total. The molecule has 0 saturated carbocycles. The number of benzene rings is 1. The molecule has 0 amide bonds. The number of hydrogen-bond donors (Lipinski definition) is 0. The Labute approximate surface area is 96.1 Å². The first kappa shape index (κ1) is 11.0. The summed E-state index contributed by atoms with van der Waals surface area (Å²) in [5.74, 6) is 1.59. The number of methoxy groups -OCH3 is 2. The van der Waals surface area contributed by atoms with Crippen molar-refractivity contribution >= 4 is 11.4 Å². The quantitative estimate of drug-likeness (QED) is 0.765. The van der Waals surface area contributed by atoms with Crippen LogP contribution in [0.3, 0.4) is 0 Å². The molecule has 0 unspecified atom stereocenters. The number of fused-ring (bicyclic) bond motifs is 1. The van der Waals surface area contributed by atoms with Crippen molar-refractivity contribution in [2.75, 3.05) is 14.2 Å². The SMILES string of the molecule is COc1cc(OC)c2c(c1)C(C)(C)C(C)=N2. The van der Waals surface area contributed by atoms with E-state index in [0.29, 0.717) is 0 Å². The van der Waals surface area contributed by atoms with Crippen molar-refractivity contribution in [3.8, 4) is 11.5 Å². The van der Waals surface area contributed by atoms with Crippen LogP contribution in [0.15, 0.2) is 17.1 Å². The minimum absolute atomic E-state index is 0.0445. The van der Waals surface area contributed by atoms with Gasteiger partial charge >= 0.3 is 0 Å². The highest BCUT2D eigenvalue weighted by Crippen LogP contribution is 2.47. The molecule has 0 radical (unpaired) electrons. The maximum Gasteiger partial charge on any atom is 0.148 e. The Morgan fingerprint density at radius 3 is 2.38 bits per heavy atom. The van der Waals surface area contributed by atoms with Crippen molar-refractivity contribution in [1.82, 2.24) is 0 Å². The van der Waals surface area contributed by atoms with Crippen LogP contribution in [0.2, 0.25) is 0 Å². The zero-order valence-electron chi connectivity index (χ0n) is 10.4. The molecule has 1 aliphatic heterocycles. The van der Waals surface area contributed by atoms with E-state index >= 15 is 0 Å². The first-order valence-corrected chi connectivity index (χ1v) is 5.33. The van der Waals surface area contributed by atoms with E-state index in [4.69, 9.17) is 9.47 Å². The second-order valence-electron chi connectivity index (χ2n) is 4.55. The largest absolute Gasteiger partial charge is 0.497 e. The van der Waals surface area contributed by atoms with Crippen LogP contribution >= 0.6 is 0 Å². The van der Waals surface area contributed by atoms with E-state index in [0.717, 1.165) is 22.9 Å². The molecule has 1 aliphatic rings. The van der Waals surface area contributed by atoms with Gasteiger partial charge in [0.2, 0.25) is 0 Å². The van der Waals surface area contributed by atoms with Gasteiger partial charge in [-0.05, 0) is 18.6 Å². The summed E-state index contributed by atoms with van der Waals surface area (Å²) in [6, 6.07) is 3.91. The van der Waals surface area contributed by atoms with Crippen molar-refractivity contribution in [1.29, 1.82) is 0 Å². The Bertz CT molecular complexity index is 461. The van der Waals surface area contributed by atoms with Crippen LogP contribution in [0, 0.1) is 0 Å². The first-order chi connectivity index (χ1) is 7.50. The summed E-state index contributed by atoms with van der Waals surface area (Å²) in [6.45, 7) is 6.37. The maximum absolute atomic E-state index is 5.35. The van der Waals surface area contributed by atoms with Gasteiger partial charge < -0.3 is 9.47 Å². The van der Waals surface area contributed by atoms with E-state index < -0.39 is 0 Å².